The number of carbonyl (C=O) groups is 2. The van der Waals surface area contributed by atoms with Crippen molar-refractivity contribution in [3.63, 3.8) is 0 Å². The van der Waals surface area contributed by atoms with Gasteiger partial charge in [-0.25, -0.2) is 0 Å². The molecule has 1 aliphatic rings. The normalized spacial score (nSPS) is 16.6. The van der Waals surface area contributed by atoms with Gasteiger partial charge >= 0.3 is 0 Å². The van der Waals surface area contributed by atoms with E-state index < -0.39 is 0 Å². The molecule has 4 rings (SSSR count). The number of anilines is 1. The number of amides is 2. The molecular formula is C22H23N3O2. The van der Waals surface area contributed by atoms with Crippen LogP contribution in [0.15, 0.2) is 60.8 Å². The Hall–Kier alpha value is -3.08. The van der Waals surface area contributed by atoms with Crippen molar-refractivity contribution in [3.05, 3.63) is 66.4 Å². The highest BCUT2D eigenvalue weighted by atomic mass is 16.2. The van der Waals surface area contributed by atoms with Crippen LogP contribution in [0.2, 0.25) is 0 Å². The first-order valence-corrected chi connectivity index (χ1v) is 9.43. The van der Waals surface area contributed by atoms with E-state index in [1.165, 1.54) is 0 Å². The van der Waals surface area contributed by atoms with E-state index in [0.717, 1.165) is 35.0 Å². The highest BCUT2D eigenvalue weighted by Crippen LogP contribution is 2.23. The van der Waals surface area contributed by atoms with Crippen LogP contribution in [0.3, 0.4) is 0 Å². The Morgan fingerprint density at radius 2 is 1.85 bits per heavy atom. The van der Waals surface area contributed by atoms with Gasteiger partial charge in [-0.3, -0.25) is 9.59 Å². The first-order chi connectivity index (χ1) is 13.2. The molecule has 2 aromatic carbocycles. The second-order valence-corrected chi connectivity index (χ2v) is 6.96. The molecule has 1 fully saturated rings. The first kappa shape index (κ1) is 17.3. The molecule has 1 aromatic heterocycles. The Morgan fingerprint density at radius 3 is 2.70 bits per heavy atom. The second kappa shape index (κ2) is 7.66. The third kappa shape index (κ3) is 3.72. The van der Waals surface area contributed by atoms with Crippen molar-refractivity contribution in [1.29, 1.82) is 0 Å². The van der Waals surface area contributed by atoms with Gasteiger partial charge in [-0.1, -0.05) is 36.4 Å². The van der Waals surface area contributed by atoms with Crippen LogP contribution in [0.25, 0.3) is 10.9 Å². The molecule has 5 heteroatoms. The first-order valence-electron chi connectivity index (χ1n) is 9.43. The van der Waals surface area contributed by atoms with Crippen molar-refractivity contribution in [2.75, 3.05) is 11.9 Å². The van der Waals surface area contributed by atoms with Crippen LogP contribution in [0, 0.1) is 0 Å². The van der Waals surface area contributed by atoms with Gasteiger partial charge in [-0.15, -0.1) is 0 Å². The van der Waals surface area contributed by atoms with Crippen molar-refractivity contribution >= 4 is 28.4 Å². The van der Waals surface area contributed by atoms with Crippen LogP contribution in [0.1, 0.15) is 24.8 Å². The minimum absolute atomic E-state index is 0.0472. The molecule has 0 spiro atoms. The fraction of sp³-hybridized carbons (Fsp3) is 0.273. The van der Waals surface area contributed by atoms with Crippen molar-refractivity contribution in [2.24, 2.45) is 0 Å². The summed E-state index contributed by atoms with van der Waals surface area (Å²) in [6.07, 6.45) is 4.65. The number of H-pyrrole nitrogens is 1. The van der Waals surface area contributed by atoms with E-state index in [2.05, 4.69) is 16.4 Å². The van der Waals surface area contributed by atoms with Crippen molar-refractivity contribution < 1.29 is 9.59 Å². The molecule has 27 heavy (non-hydrogen) atoms. The standard InChI is InChI=1S/C22H23N3O2/c26-21(13-12-16-15-23-19-10-5-4-9-18(16)19)25-14-6-11-20(25)22(27)24-17-7-2-1-3-8-17/h1-5,7-10,15,20,23H,6,11-14H2,(H,24,27)/t20-/m1/s1. The van der Waals surface area contributed by atoms with E-state index in [0.29, 0.717) is 19.4 Å². The topological polar surface area (TPSA) is 65.2 Å². The summed E-state index contributed by atoms with van der Waals surface area (Å²) in [6, 6.07) is 17.1. The van der Waals surface area contributed by atoms with E-state index in [1.54, 1.807) is 4.90 Å². The van der Waals surface area contributed by atoms with Gasteiger partial charge in [-0.05, 0) is 43.0 Å². The average Bonchev–Trinajstić information content (AvgIpc) is 3.34. The third-order valence-corrected chi connectivity index (χ3v) is 5.20. The van der Waals surface area contributed by atoms with E-state index in [-0.39, 0.29) is 17.9 Å². The number of hydrogen-bond donors (Lipinski definition) is 2. The minimum Gasteiger partial charge on any atom is -0.361 e. The molecule has 2 heterocycles. The van der Waals surface area contributed by atoms with Crippen molar-refractivity contribution in [3.8, 4) is 0 Å². The number of para-hydroxylation sites is 2. The van der Waals surface area contributed by atoms with Crippen LogP contribution in [-0.2, 0) is 16.0 Å². The van der Waals surface area contributed by atoms with Crippen LogP contribution >= 0.6 is 0 Å². The van der Waals surface area contributed by atoms with E-state index in [4.69, 9.17) is 0 Å². The molecule has 0 unspecified atom stereocenters. The number of carbonyl (C=O) groups excluding carboxylic acids is 2. The molecular weight excluding hydrogens is 338 g/mol. The van der Waals surface area contributed by atoms with Gasteiger partial charge in [0.2, 0.25) is 11.8 Å². The zero-order chi connectivity index (χ0) is 18.6. The van der Waals surface area contributed by atoms with Gasteiger partial charge in [0.05, 0.1) is 0 Å². The molecule has 1 saturated heterocycles. The molecule has 1 atom stereocenters. The zero-order valence-corrected chi connectivity index (χ0v) is 15.2. The van der Waals surface area contributed by atoms with Gasteiger partial charge in [0.15, 0.2) is 0 Å². The highest BCUT2D eigenvalue weighted by molar-refractivity contribution is 5.97. The monoisotopic (exact) mass is 361 g/mol. The Bertz CT molecular complexity index is 948. The molecule has 0 saturated carbocycles. The molecule has 5 nitrogen and oxygen atoms in total. The zero-order valence-electron chi connectivity index (χ0n) is 15.2. The van der Waals surface area contributed by atoms with Gasteiger partial charge in [0, 0.05) is 35.8 Å². The predicted octanol–water partition coefficient (Wildman–Crippen LogP) is 3.73. The lowest BCUT2D eigenvalue weighted by atomic mass is 10.1. The van der Waals surface area contributed by atoms with Gasteiger partial charge in [0.1, 0.15) is 6.04 Å². The predicted molar refractivity (Wildman–Crippen MR) is 106 cm³/mol. The second-order valence-electron chi connectivity index (χ2n) is 6.96. The fourth-order valence-corrected chi connectivity index (χ4v) is 3.81. The number of likely N-dealkylation sites (tertiary alicyclic amines) is 1. The number of aromatic nitrogens is 1. The lowest BCUT2D eigenvalue weighted by Crippen LogP contribution is -2.43. The van der Waals surface area contributed by atoms with Gasteiger partial charge in [-0.2, -0.15) is 0 Å². The Morgan fingerprint density at radius 1 is 1.07 bits per heavy atom. The van der Waals surface area contributed by atoms with Crippen LogP contribution in [-0.4, -0.2) is 34.3 Å². The fourth-order valence-electron chi connectivity index (χ4n) is 3.81. The van der Waals surface area contributed by atoms with Crippen LogP contribution < -0.4 is 5.32 Å². The number of aromatic amines is 1. The lowest BCUT2D eigenvalue weighted by Gasteiger charge is -2.24. The summed E-state index contributed by atoms with van der Waals surface area (Å²) in [5, 5.41) is 4.08. The Kier molecular flexibility index (Phi) is 4.92. The van der Waals surface area contributed by atoms with Gasteiger partial charge < -0.3 is 15.2 Å². The smallest absolute Gasteiger partial charge is 0.247 e. The molecule has 0 radical (unpaired) electrons. The number of hydrogen-bond acceptors (Lipinski definition) is 2. The number of nitrogens with zero attached hydrogens (tertiary/aromatic N) is 1. The highest BCUT2D eigenvalue weighted by Gasteiger charge is 2.33. The maximum atomic E-state index is 12.8. The SMILES string of the molecule is O=C(Nc1ccccc1)[C@H]1CCCN1C(=O)CCc1c[nH]c2ccccc12. The molecule has 3 aromatic rings. The molecule has 1 aliphatic heterocycles. The van der Waals surface area contributed by atoms with Gasteiger partial charge in [0.25, 0.3) is 0 Å². The molecule has 0 aliphatic carbocycles. The number of benzene rings is 2. The van der Waals surface area contributed by atoms with Crippen LogP contribution in [0.4, 0.5) is 5.69 Å². The van der Waals surface area contributed by atoms with E-state index in [9.17, 15) is 9.59 Å². The summed E-state index contributed by atoms with van der Waals surface area (Å²) in [4.78, 5) is 30.4. The number of rotatable bonds is 5. The largest absolute Gasteiger partial charge is 0.361 e. The molecule has 2 N–H and O–H groups in total. The number of aryl methyl sites for hydroxylation is 1. The maximum absolute atomic E-state index is 12.8. The summed E-state index contributed by atoms with van der Waals surface area (Å²) in [5.74, 6) is -0.0508. The number of nitrogens with one attached hydrogen (secondary N) is 2. The minimum atomic E-state index is -0.374. The summed E-state index contributed by atoms with van der Waals surface area (Å²) in [7, 11) is 0. The van der Waals surface area contributed by atoms with Crippen molar-refractivity contribution in [2.45, 2.75) is 31.7 Å². The van der Waals surface area contributed by atoms with Crippen LogP contribution in [0.5, 0.6) is 0 Å². The summed E-state index contributed by atoms with van der Waals surface area (Å²) >= 11 is 0. The average molecular weight is 361 g/mol. The van der Waals surface area contributed by atoms with Crippen molar-refractivity contribution in [1.82, 2.24) is 9.88 Å². The van der Waals surface area contributed by atoms with E-state index >= 15 is 0 Å². The summed E-state index contributed by atoms with van der Waals surface area (Å²) in [5.41, 5.74) is 2.99. The Balaban J connectivity index is 1.39. The molecule has 2 amide bonds. The number of fused-ring (bicyclic) bond motifs is 1. The summed E-state index contributed by atoms with van der Waals surface area (Å²) < 4.78 is 0. The lowest BCUT2D eigenvalue weighted by molar-refractivity contribution is -0.136. The molecule has 0 bridgehead atoms. The summed E-state index contributed by atoms with van der Waals surface area (Å²) in [6.45, 7) is 0.652. The Labute approximate surface area is 158 Å². The quantitative estimate of drug-likeness (QED) is 0.727. The van der Waals surface area contributed by atoms with E-state index in [1.807, 2.05) is 54.7 Å². The molecule has 138 valence electrons. The third-order valence-electron chi connectivity index (χ3n) is 5.20. The maximum Gasteiger partial charge on any atom is 0.247 e.